The van der Waals surface area contributed by atoms with Crippen molar-refractivity contribution in [3.63, 3.8) is 0 Å². The second kappa shape index (κ2) is 9.93. The molecule has 154 valence electrons. The topological polar surface area (TPSA) is 93.9 Å². The smallest absolute Gasteiger partial charge is 0.255 e. The van der Waals surface area contributed by atoms with Crippen LogP contribution in [0.4, 0.5) is 0 Å². The van der Waals surface area contributed by atoms with Gasteiger partial charge in [0.15, 0.2) is 18.1 Å². The van der Waals surface area contributed by atoms with Crippen molar-refractivity contribution in [2.75, 3.05) is 26.8 Å². The number of amides is 2. The first-order valence-electron chi connectivity index (χ1n) is 9.73. The van der Waals surface area contributed by atoms with Gasteiger partial charge >= 0.3 is 0 Å². The molecule has 0 bridgehead atoms. The first-order chi connectivity index (χ1) is 14.1. The maximum Gasteiger partial charge on any atom is 0.255 e. The number of benzene rings is 2. The molecular formula is C22H27N3O4. The van der Waals surface area contributed by atoms with Gasteiger partial charge in [-0.15, -0.1) is 0 Å². The lowest BCUT2D eigenvalue weighted by atomic mass is 10.1. The van der Waals surface area contributed by atoms with E-state index in [0.29, 0.717) is 23.6 Å². The molecule has 0 spiro atoms. The number of nitrogens with two attached hydrogens (primary N) is 1. The molecule has 0 unspecified atom stereocenters. The number of hydrogen-bond acceptors (Lipinski definition) is 5. The van der Waals surface area contributed by atoms with Crippen molar-refractivity contribution in [2.24, 2.45) is 5.73 Å². The Kier molecular flexibility index (Phi) is 7.08. The van der Waals surface area contributed by atoms with Crippen molar-refractivity contribution in [3.05, 3.63) is 59.2 Å². The Morgan fingerprint density at radius 2 is 1.79 bits per heavy atom. The largest absolute Gasteiger partial charge is 0.493 e. The van der Waals surface area contributed by atoms with Gasteiger partial charge in [0.05, 0.1) is 7.11 Å². The number of nitrogens with one attached hydrogen (secondary N) is 1. The SMILES string of the molecule is COc1cc(C(=O)NCc2ccccc2CN2CCCC2)ccc1OCC(N)=O. The highest BCUT2D eigenvalue weighted by atomic mass is 16.5. The molecule has 0 saturated carbocycles. The van der Waals surface area contributed by atoms with Crippen molar-refractivity contribution in [1.82, 2.24) is 10.2 Å². The van der Waals surface area contributed by atoms with Crippen LogP contribution in [0.25, 0.3) is 0 Å². The average Bonchev–Trinajstić information content (AvgIpc) is 3.24. The number of carbonyl (C=O) groups is 2. The highest BCUT2D eigenvalue weighted by Crippen LogP contribution is 2.28. The Morgan fingerprint density at radius 1 is 1.07 bits per heavy atom. The third kappa shape index (κ3) is 5.71. The van der Waals surface area contributed by atoms with Crippen molar-refractivity contribution < 1.29 is 19.1 Å². The fourth-order valence-electron chi connectivity index (χ4n) is 3.42. The zero-order valence-electron chi connectivity index (χ0n) is 16.6. The molecule has 0 aromatic heterocycles. The van der Waals surface area contributed by atoms with E-state index in [1.807, 2.05) is 18.2 Å². The van der Waals surface area contributed by atoms with E-state index in [2.05, 4.69) is 16.3 Å². The zero-order valence-corrected chi connectivity index (χ0v) is 16.6. The van der Waals surface area contributed by atoms with E-state index >= 15 is 0 Å². The van der Waals surface area contributed by atoms with E-state index < -0.39 is 5.91 Å². The number of primary amides is 1. The number of rotatable bonds is 9. The van der Waals surface area contributed by atoms with Gasteiger partial charge in [-0.1, -0.05) is 24.3 Å². The summed E-state index contributed by atoms with van der Waals surface area (Å²) in [5, 5.41) is 2.97. The molecule has 1 heterocycles. The molecule has 1 fully saturated rings. The van der Waals surface area contributed by atoms with Crippen molar-refractivity contribution >= 4 is 11.8 Å². The molecular weight excluding hydrogens is 370 g/mol. The van der Waals surface area contributed by atoms with Crippen LogP contribution in [-0.4, -0.2) is 43.5 Å². The van der Waals surface area contributed by atoms with Crippen molar-refractivity contribution in [3.8, 4) is 11.5 Å². The number of likely N-dealkylation sites (tertiary alicyclic amines) is 1. The third-order valence-corrected chi connectivity index (χ3v) is 4.95. The summed E-state index contributed by atoms with van der Waals surface area (Å²) >= 11 is 0. The van der Waals surface area contributed by atoms with Crippen LogP contribution in [0, 0.1) is 0 Å². The summed E-state index contributed by atoms with van der Waals surface area (Å²) in [6.45, 7) is 3.36. The minimum absolute atomic E-state index is 0.208. The van der Waals surface area contributed by atoms with E-state index in [1.54, 1.807) is 18.2 Å². The monoisotopic (exact) mass is 397 g/mol. The molecule has 29 heavy (non-hydrogen) atoms. The molecule has 2 amide bonds. The van der Waals surface area contributed by atoms with E-state index in [-0.39, 0.29) is 12.5 Å². The zero-order chi connectivity index (χ0) is 20.6. The summed E-state index contributed by atoms with van der Waals surface area (Å²) in [5.41, 5.74) is 7.90. The number of hydrogen-bond donors (Lipinski definition) is 2. The lowest BCUT2D eigenvalue weighted by molar-refractivity contribution is -0.119. The molecule has 3 rings (SSSR count). The van der Waals surface area contributed by atoms with Crippen LogP contribution in [0.5, 0.6) is 11.5 Å². The summed E-state index contributed by atoms with van der Waals surface area (Å²) in [6, 6.07) is 13.0. The summed E-state index contributed by atoms with van der Waals surface area (Å²) < 4.78 is 10.6. The highest BCUT2D eigenvalue weighted by molar-refractivity contribution is 5.94. The van der Waals surface area contributed by atoms with Crippen LogP contribution in [0.1, 0.15) is 34.3 Å². The van der Waals surface area contributed by atoms with Crippen molar-refractivity contribution in [1.29, 1.82) is 0 Å². The first-order valence-corrected chi connectivity index (χ1v) is 9.73. The Hall–Kier alpha value is -3.06. The summed E-state index contributed by atoms with van der Waals surface area (Å²) in [6.07, 6.45) is 2.50. The molecule has 3 N–H and O–H groups in total. The summed E-state index contributed by atoms with van der Waals surface area (Å²) in [7, 11) is 1.47. The lowest BCUT2D eigenvalue weighted by Crippen LogP contribution is -2.25. The predicted molar refractivity (Wildman–Crippen MR) is 110 cm³/mol. The summed E-state index contributed by atoms with van der Waals surface area (Å²) in [4.78, 5) is 26.0. The minimum Gasteiger partial charge on any atom is -0.493 e. The van der Waals surface area contributed by atoms with Gasteiger partial charge in [0.25, 0.3) is 11.8 Å². The molecule has 1 saturated heterocycles. The number of ether oxygens (including phenoxy) is 2. The van der Waals surface area contributed by atoms with Crippen LogP contribution in [-0.2, 0) is 17.9 Å². The van der Waals surface area contributed by atoms with Crippen LogP contribution in [0.3, 0.4) is 0 Å². The third-order valence-electron chi connectivity index (χ3n) is 4.95. The van der Waals surface area contributed by atoms with Crippen LogP contribution in [0.15, 0.2) is 42.5 Å². The van der Waals surface area contributed by atoms with Gasteiger partial charge in [-0.05, 0) is 55.3 Å². The van der Waals surface area contributed by atoms with Gasteiger partial charge in [-0.2, -0.15) is 0 Å². The normalized spacial score (nSPS) is 13.8. The number of methoxy groups -OCH3 is 1. The highest BCUT2D eigenvalue weighted by Gasteiger charge is 2.15. The molecule has 1 aliphatic rings. The van der Waals surface area contributed by atoms with Gasteiger partial charge < -0.3 is 20.5 Å². The summed E-state index contributed by atoms with van der Waals surface area (Å²) in [5.74, 6) is -0.0608. The number of carbonyl (C=O) groups excluding carboxylic acids is 2. The molecule has 2 aromatic rings. The maximum atomic E-state index is 12.6. The molecule has 1 aliphatic heterocycles. The van der Waals surface area contributed by atoms with E-state index in [0.717, 1.165) is 25.2 Å². The van der Waals surface area contributed by atoms with Gasteiger partial charge in [0.2, 0.25) is 0 Å². The molecule has 2 aromatic carbocycles. The second-order valence-corrected chi connectivity index (χ2v) is 7.06. The standard InChI is InChI=1S/C22H27N3O4/c1-28-20-12-16(8-9-19(20)29-15-21(23)26)22(27)24-13-17-6-2-3-7-18(17)14-25-10-4-5-11-25/h2-3,6-9,12H,4-5,10-11,13-15H2,1H3,(H2,23,26)(H,24,27). The van der Waals surface area contributed by atoms with Gasteiger partial charge in [0.1, 0.15) is 0 Å². The molecule has 7 heteroatoms. The van der Waals surface area contributed by atoms with E-state index in [9.17, 15) is 9.59 Å². The van der Waals surface area contributed by atoms with Gasteiger partial charge in [-0.25, -0.2) is 0 Å². The molecule has 0 radical (unpaired) electrons. The predicted octanol–water partition coefficient (Wildman–Crippen LogP) is 2.09. The van der Waals surface area contributed by atoms with Crippen molar-refractivity contribution in [2.45, 2.75) is 25.9 Å². The fourth-order valence-corrected chi connectivity index (χ4v) is 3.42. The Balaban J connectivity index is 1.64. The fraction of sp³-hybridized carbons (Fsp3) is 0.364. The molecule has 0 atom stereocenters. The number of nitrogens with zero attached hydrogens (tertiary/aromatic N) is 1. The van der Waals surface area contributed by atoms with Crippen LogP contribution >= 0.6 is 0 Å². The molecule has 7 nitrogen and oxygen atoms in total. The lowest BCUT2D eigenvalue weighted by Gasteiger charge is -2.18. The Bertz CT molecular complexity index is 863. The van der Waals surface area contributed by atoms with E-state index in [4.69, 9.17) is 15.2 Å². The van der Waals surface area contributed by atoms with Gasteiger partial charge in [0, 0.05) is 18.7 Å². The van der Waals surface area contributed by atoms with Gasteiger partial charge in [-0.3, -0.25) is 14.5 Å². The molecule has 0 aliphatic carbocycles. The minimum atomic E-state index is -0.582. The maximum absolute atomic E-state index is 12.6. The van der Waals surface area contributed by atoms with Crippen LogP contribution < -0.4 is 20.5 Å². The van der Waals surface area contributed by atoms with Crippen LogP contribution in [0.2, 0.25) is 0 Å². The first kappa shape index (κ1) is 20.7. The second-order valence-electron chi connectivity index (χ2n) is 7.06. The quantitative estimate of drug-likeness (QED) is 0.676. The Morgan fingerprint density at radius 3 is 2.48 bits per heavy atom. The van der Waals surface area contributed by atoms with E-state index in [1.165, 1.54) is 25.5 Å². The Labute approximate surface area is 170 Å². The average molecular weight is 397 g/mol.